The lowest BCUT2D eigenvalue weighted by Crippen LogP contribution is -2.12. The van der Waals surface area contributed by atoms with E-state index >= 15 is 0 Å². The van der Waals surface area contributed by atoms with Crippen LogP contribution in [0.4, 0.5) is 11.4 Å². The molecule has 0 amide bonds. The average molecular weight is 389 g/mol. The van der Waals surface area contributed by atoms with Gasteiger partial charge in [0, 0.05) is 16.9 Å². The minimum absolute atomic E-state index is 0.0712. The third-order valence-electron chi connectivity index (χ3n) is 5.69. The Morgan fingerprint density at radius 1 is 0.862 bits per heavy atom. The van der Waals surface area contributed by atoms with Crippen LogP contribution in [0.15, 0.2) is 48.5 Å². The molecule has 3 nitrogen and oxygen atoms in total. The smallest absolute Gasteiger partial charge is 0.120 e. The minimum Gasteiger partial charge on any atom is -0.508 e. The zero-order chi connectivity index (χ0) is 21.1. The van der Waals surface area contributed by atoms with Crippen LogP contribution in [0.2, 0.25) is 0 Å². The molecule has 0 aliphatic heterocycles. The van der Waals surface area contributed by atoms with Gasteiger partial charge < -0.3 is 16.2 Å². The van der Waals surface area contributed by atoms with Crippen molar-refractivity contribution < 1.29 is 5.11 Å². The topological polar surface area (TPSA) is 58.3 Å². The molecule has 0 saturated heterocycles. The highest BCUT2D eigenvalue weighted by Gasteiger charge is 2.16. The quantitative estimate of drug-likeness (QED) is 0.430. The molecule has 0 heterocycles. The summed E-state index contributed by atoms with van der Waals surface area (Å²) in [5.74, 6) is 0.341. The standard InChI is InChI=1S/C26H32N2O/c1-6-23(22-9-7-8-10-24(22)29)28-26-18(4)13-21(14-19(26)5)15-20-11-16(2)25(27)17(3)12-20/h7-14,23,28-29H,6,15,27H2,1-5H3. The number of hydrogen-bond donors (Lipinski definition) is 3. The highest BCUT2D eigenvalue weighted by Crippen LogP contribution is 2.33. The van der Waals surface area contributed by atoms with Crippen molar-refractivity contribution in [1.82, 2.24) is 0 Å². The molecule has 0 aliphatic carbocycles. The van der Waals surface area contributed by atoms with Crippen LogP contribution in [-0.2, 0) is 6.42 Å². The molecule has 152 valence electrons. The summed E-state index contributed by atoms with van der Waals surface area (Å²) in [5, 5.41) is 13.9. The van der Waals surface area contributed by atoms with Gasteiger partial charge in [-0.05, 0) is 80.0 Å². The van der Waals surface area contributed by atoms with Crippen LogP contribution in [0, 0.1) is 27.7 Å². The number of phenols is 1. The Labute approximate surface area is 174 Å². The Morgan fingerprint density at radius 3 is 1.90 bits per heavy atom. The van der Waals surface area contributed by atoms with Gasteiger partial charge in [-0.1, -0.05) is 49.4 Å². The van der Waals surface area contributed by atoms with Gasteiger partial charge in [-0.15, -0.1) is 0 Å². The van der Waals surface area contributed by atoms with Crippen molar-refractivity contribution in [3.63, 3.8) is 0 Å². The van der Waals surface area contributed by atoms with Crippen LogP contribution >= 0.6 is 0 Å². The first-order chi connectivity index (χ1) is 13.8. The van der Waals surface area contributed by atoms with E-state index in [-0.39, 0.29) is 6.04 Å². The molecular weight excluding hydrogens is 356 g/mol. The van der Waals surface area contributed by atoms with E-state index < -0.39 is 0 Å². The highest BCUT2D eigenvalue weighted by atomic mass is 16.3. The van der Waals surface area contributed by atoms with Gasteiger partial charge in [0.05, 0.1) is 6.04 Å². The van der Waals surface area contributed by atoms with Gasteiger partial charge in [0.25, 0.3) is 0 Å². The Hall–Kier alpha value is -2.94. The summed E-state index contributed by atoms with van der Waals surface area (Å²) < 4.78 is 0. The molecule has 0 fully saturated rings. The van der Waals surface area contributed by atoms with E-state index in [2.05, 4.69) is 64.2 Å². The Balaban J connectivity index is 1.87. The monoisotopic (exact) mass is 388 g/mol. The van der Waals surface area contributed by atoms with Gasteiger partial charge in [0.1, 0.15) is 5.75 Å². The molecule has 0 saturated carbocycles. The van der Waals surface area contributed by atoms with E-state index in [0.29, 0.717) is 5.75 Å². The lowest BCUT2D eigenvalue weighted by Gasteiger charge is -2.23. The van der Waals surface area contributed by atoms with Gasteiger partial charge in [0.2, 0.25) is 0 Å². The number of phenolic OH excluding ortho intramolecular Hbond substituents is 1. The highest BCUT2D eigenvalue weighted by molar-refractivity contribution is 5.61. The molecule has 3 rings (SSSR count). The fourth-order valence-corrected chi connectivity index (χ4v) is 4.14. The second kappa shape index (κ2) is 8.60. The summed E-state index contributed by atoms with van der Waals surface area (Å²) in [4.78, 5) is 0. The van der Waals surface area contributed by atoms with Crippen LogP contribution in [0.3, 0.4) is 0 Å². The summed E-state index contributed by atoms with van der Waals surface area (Å²) in [5.41, 5.74) is 16.4. The van der Waals surface area contributed by atoms with Gasteiger partial charge in [-0.3, -0.25) is 0 Å². The molecule has 1 unspecified atom stereocenters. The SMILES string of the molecule is CCC(Nc1c(C)cc(Cc2cc(C)c(N)c(C)c2)cc1C)c1ccccc1O. The number of aromatic hydroxyl groups is 1. The van der Waals surface area contributed by atoms with Crippen LogP contribution in [0.5, 0.6) is 5.75 Å². The second-order valence-corrected chi connectivity index (χ2v) is 8.09. The molecule has 1 atom stereocenters. The number of nitrogens with one attached hydrogen (secondary N) is 1. The van der Waals surface area contributed by atoms with Crippen molar-refractivity contribution in [3.8, 4) is 5.75 Å². The largest absolute Gasteiger partial charge is 0.508 e. The lowest BCUT2D eigenvalue weighted by molar-refractivity contribution is 0.462. The predicted molar refractivity (Wildman–Crippen MR) is 124 cm³/mol. The van der Waals surface area contributed by atoms with Crippen LogP contribution in [0.25, 0.3) is 0 Å². The summed E-state index contributed by atoms with van der Waals surface area (Å²) in [6.45, 7) is 10.6. The third-order valence-corrected chi connectivity index (χ3v) is 5.69. The number of para-hydroxylation sites is 1. The summed E-state index contributed by atoms with van der Waals surface area (Å²) >= 11 is 0. The minimum atomic E-state index is 0.0712. The molecule has 4 N–H and O–H groups in total. The Bertz CT molecular complexity index is 977. The van der Waals surface area contributed by atoms with Gasteiger partial charge in [-0.2, -0.15) is 0 Å². The first-order valence-electron chi connectivity index (χ1n) is 10.3. The third kappa shape index (κ3) is 4.56. The summed E-state index contributed by atoms with van der Waals surface area (Å²) in [6.07, 6.45) is 1.78. The van der Waals surface area contributed by atoms with Crippen molar-refractivity contribution in [2.45, 2.75) is 53.5 Å². The molecule has 3 aromatic carbocycles. The Morgan fingerprint density at radius 2 is 1.38 bits per heavy atom. The first kappa shape index (κ1) is 20.8. The summed E-state index contributed by atoms with van der Waals surface area (Å²) in [7, 11) is 0. The van der Waals surface area contributed by atoms with E-state index in [4.69, 9.17) is 5.73 Å². The maximum absolute atomic E-state index is 10.3. The van der Waals surface area contributed by atoms with Gasteiger partial charge in [-0.25, -0.2) is 0 Å². The molecule has 3 aromatic rings. The lowest BCUT2D eigenvalue weighted by atomic mass is 9.95. The van der Waals surface area contributed by atoms with Crippen molar-refractivity contribution in [2.24, 2.45) is 0 Å². The van der Waals surface area contributed by atoms with E-state index in [9.17, 15) is 5.11 Å². The maximum atomic E-state index is 10.3. The first-order valence-corrected chi connectivity index (χ1v) is 10.3. The van der Waals surface area contributed by atoms with E-state index in [1.165, 1.54) is 22.3 Å². The fourth-order valence-electron chi connectivity index (χ4n) is 4.14. The number of aryl methyl sites for hydroxylation is 4. The van der Waals surface area contributed by atoms with Gasteiger partial charge >= 0.3 is 0 Å². The van der Waals surface area contributed by atoms with Crippen molar-refractivity contribution >= 4 is 11.4 Å². The molecule has 0 aromatic heterocycles. The zero-order valence-corrected chi connectivity index (χ0v) is 18.1. The maximum Gasteiger partial charge on any atom is 0.120 e. The van der Waals surface area contributed by atoms with Crippen LogP contribution in [0.1, 0.15) is 58.3 Å². The molecule has 29 heavy (non-hydrogen) atoms. The molecule has 0 aliphatic rings. The molecule has 0 spiro atoms. The number of hydrogen-bond acceptors (Lipinski definition) is 3. The van der Waals surface area contributed by atoms with E-state index in [0.717, 1.165) is 40.9 Å². The normalized spacial score (nSPS) is 12.0. The molecule has 3 heteroatoms. The number of rotatable bonds is 6. The molecular formula is C26H32N2O. The fraction of sp³-hybridized carbons (Fsp3) is 0.308. The zero-order valence-electron chi connectivity index (χ0n) is 18.1. The average Bonchev–Trinajstić information content (AvgIpc) is 2.66. The number of benzene rings is 3. The number of nitrogen functional groups attached to an aromatic ring is 1. The second-order valence-electron chi connectivity index (χ2n) is 8.09. The predicted octanol–water partition coefficient (Wildman–Crippen LogP) is 6.36. The van der Waals surface area contributed by atoms with Gasteiger partial charge in [0.15, 0.2) is 0 Å². The van der Waals surface area contributed by atoms with Crippen LogP contribution in [-0.4, -0.2) is 5.11 Å². The van der Waals surface area contributed by atoms with E-state index in [1.807, 2.05) is 18.2 Å². The number of anilines is 2. The Kier molecular flexibility index (Phi) is 6.17. The molecule has 0 radical (unpaired) electrons. The van der Waals surface area contributed by atoms with Crippen molar-refractivity contribution in [3.05, 3.63) is 87.5 Å². The number of nitrogens with two attached hydrogens (primary N) is 1. The van der Waals surface area contributed by atoms with Crippen molar-refractivity contribution in [2.75, 3.05) is 11.1 Å². The summed E-state index contributed by atoms with van der Waals surface area (Å²) in [6, 6.07) is 16.5. The van der Waals surface area contributed by atoms with Crippen LogP contribution < -0.4 is 11.1 Å². The van der Waals surface area contributed by atoms with E-state index in [1.54, 1.807) is 6.07 Å². The van der Waals surface area contributed by atoms with Crippen molar-refractivity contribution in [1.29, 1.82) is 0 Å². The molecule has 0 bridgehead atoms.